The summed E-state index contributed by atoms with van der Waals surface area (Å²) in [7, 11) is 0. The van der Waals surface area contributed by atoms with Crippen LogP contribution in [0.15, 0.2) is 66.7 Å². The molecule has 6 heteroatoms. The van der Waals surface area contributed by atoms with Gasteiger partial charge in [0.25, 0.3) is 0 Å². The zero-order valence-corrected chi connectivity index (χ0v) is 20.2. The molecule has 0 saturated carbocycles. The Bertz CT molecular complexity index is 1160. The molecule has 1 heterocycles. The zero-order valence-electron chi connectivity index (χ0n) is 20.2. The molecule has 1 aliphatic heterocycles. The van der Waals surface area contributed by atoms with Crippen molar-refractivity contribution in [2.45, 2.75) is 51.5 Å². The minimum Gasteiger partial charge on any atom is -0.508 e. The Balaban J connectivity index is 1.29. The van der Waals surface area contributed by atoms with Crippen molar-refractivity contribution < 1.29 is 20.1 Å². The van der Waals surface area contributed by atoms with Gasteiger partial charge in [-0.1, -0.05) is 54.6 Å². The molecule has 6 nitrogen and oxygen atoms in total. The molecule has 1 amide bonds. The van der Waals surface area contributed by atoms with Gasteiger partial charge in [-0.2, -0.15) is 0 Å². The summed E-state index contributed by atoms with van der Waals surface area (Å²) < 4.78 is 0. The molecule has 0 unspecified atom stereocenters. The maximum Gasteiger partial charge on any atom is 0.227 e. The highest BCUT2D eigenvalue weighted by Gasteiger charge is 2.20. The molecule has 184 valence electrons. The molecular formula is C29H34N2O4. The minimum atomic E-state index is -0.748. The van der Waals surface area contributed by atoms with Crippen LogP contribution in [0.3, 0.4) is 0 Å². The first-order valence-corrected chi connectivity index (χ1v) is 12.2. The fraction of sp³-hybridized carbons (Fsp3) is 0.345. The predicted molar refractivity (Wildman–Crippen MR) is 136 cm³/mol. The molecule has 2 atom stereocenters. The van der Waals surface area contributed by atoms with E-state index in [1.54, 1.807) is 12.1 Å². The number of amides is 1. The van der Waals surface area contributed by atoms with E-state index in [-0.39, 0.29) is 24.3 Å². The highest BCUT2D eigenvalue weighted by atomic mass is 16.3. The second-order valence-corrected chi connectivity index (χ2v) is 9.41. The summed E-state index contributed by atoms with van der Waals surface area (Å²) in [5, 5.41) is 32.9. The fourth-order valence-electron chi connectivity index (χ4n) is 4.66. The normalized spacial score (nSPS) is 14.9. The number of nitrogens with one attached hydrogen (secondary N) is 1. The first-order chi connectivity index (χ1) is 16.9. The van der Waals surface area contributed by atoms with Crippen LogP contribution < -0.4 is 5.32 Å². The van der Waals surface area contributed by atoms with Crippen molar-refractivity contribution in [2.24, 2.45) is 0 Å². The summed E-state index contributed by atoms with van der Waals surface area (Å²) in [6.07, 6.45) is 1.32. The zero-order chi connectivity index (χ0) is 24.8. The number of carbonyl (C=O) groups is 1. The number of hydrogen-bond acceptors (Lipinski definition) is 5. The van der Waals surface area contributed by atoms with Gasteiger partial charge < -0.3 is 25.5 Å². The fourth-order valence-corrected chi connectivity index (χ4v) is 4.66. The van der Waals surface area contributed by atoms with Crippen LogP contribution in [-0.2, 0) is 37.2 Å². The Kier molecular flexibility index (Phi) is 8.18. The van der Waals surface area contributed by atoms with Crippen molar-refractivity contribution in [2.75, 3.05) is 13.1 Å². The van der Waals surface area contributed by atoms with Crippen LogP contribution >= 0.6 is 0 Å². The third-order valence-corrected chi connectivity index (χ3v) is 6.69. The van der Waals surface area contributed by atoms with Crippen molar-refractivity contribution in [1.82, 2.24) is 10.2 Å². The Morgan fingerprint density at radius 2 is 1.80 bits per heavy atom. The molecule has 3 aromatic rings. The topological polar surface area (TPSA) is 93.0 Å². The van der Waals surface area contributed by atoms with Gasteiger partial charge in [0.1, 0.15) is 5.75 Å². The summed E-state index contributed by atoms with van der Waals surface area (Å²) in [5.41, 5.74) is 5.77. The Morgan fingerprint density at radius 1 is 1.03 bits per heavy atom. The van der Waals surface area contributed by atoms with Crippen LogP contribution in [0.2, 0.25) is 0 Å². The summed E-state index contributed by atoms with van der Waals surface area (Å²) >= 11 is 0. The lowest BCUT2D eigenvalue weighted by molar-refractivity contribution is -0.131. The van der Waals surface area contributed by atoms with E-state index in [1.165, 1.54) is 17.2 Å². The quantitative estimate of drug-likeness (QED) is 0.382. The van der Waals surface area contributed by atoms with E-state index in [9.17, 15) is 20.1 Å². The Labute approximate surface area is 206 Å². The molecule has 3 aromatic carbocycles. The van der Waals surface area contributed by atoms with Crippen molar-refractivity contribution >= 4 is 5.91 Å². The second kappa shape index (κ2) is 11.5. The van der Waals surface area contributed by atoms with Crippen molar-refractivity contribution in [3.8, 4) is 5.75 Å². The number of rotatable bonds is 9. The SMILES string of the molecule is C[C@H](Cc1cccc(CC(=O)N2CCc3ccccc3C2)c1)NC[C@H](O)c1ccc(O)c(CO)c1. The number of aromatic hydroxyl groups is 1. The van der Waals surface area contributed by atoms with Gasteiger partial charge >= 0.3 is 0 Å². The number of fused-ring (bicyclic) bond motifs is 1. The van der Waals surface area contributed by atoms with Crippen molar-refractivity contribution in [3.05, 3.63) is 100 Å². The number of carbonyl (C=O) groups excluding carboxylic acids is 1. The van der Waals surface area contributed by atoms with Gasteiger partial charge in [-0.15, -0.1) is 0 Å². The Hall–Kier alpha value is -3.19. The third-order valence-electron chi connectivity index (χ3n) is 6.69. The van der Waals surface area contributed by atoms with Gasteiger partial charge in [0.2, 0.25) is 5.91 Å². The average Bonchev–Trinajstić information content (AvgIpc) is 2.87. The lowest BCUT2D eigenvalue weighted by Crippen LogP contribution is -2.36. The summed E-state index contributed by atoms with van der Waals surface area (Å²) in [6.45, 7) is 3.58. The predicted octanol–water partition coefficient (Wildman–Crippen LogP) is 3.27. The van der Waals surface area contributed by atoms with Gasteiger partial charge in [0.15, 0.2) is 0 Å². The molecule has 0 aliphatic carbocycles. The lowest BCUT2D eigenvalue weighted by Gasteiger charge is -2.29. The molecular weight excluding hydrogens is 440 g/mol. The van der Waals surface area contributed by atoms with Crippen LogP contribution in [0.4, 0.5) is 0 Å². The smallest absolute Gasteiger partial charge is 0.227 e. The standard InChI is InChI=1S/C29H34N2O4/c1-20(30-17-28(34)24-9-10-27(33)26(16-24)19-32)13-21-5-4-6-22(14-21)15-29(35)31-12-11-23-7-2-3-8-25(23)18-31/h2-10,14,16,20,28,30,32-34H,11-13,15,17-19H2,1H3/t20-,28+/m1/s1. The maximum absolute atomic E-state index is 12.9. The van der Waals surface area contributed by atoms with E-state index < -0.39 is 6.10 Å². The highest BCUT2D eigenvalue weighted by Crippen LogP contribution is 2.23. The molecule has 0 spiro atoms. The number of benzene rings is 3. The van der Waals surface area contributed by atoms with Gasteiger partial charge in [-0.05, 0) is 59.7 Å². The molecule has 4 rings (SSSR count). The molecule has 35 heavy (non-hydrogen) atoms. The van der Waals surface area contributed by atoms with Crippen LogP contribution in [0.1, 0.15) is 46.4 Å². The Morgan fingerprint density at radius 3 is 2.60 bits per heavy atom. The van der Waals surface area contributed by atoms with Crippen molar-refractivity contribution in [1.29, 1.82) is 0 Å². The third kappa shape index (κ3) is 6.48. The van der Waals surface area contributed by atoms with Crippen LogP contribution in [0.5, 0.6) is 5.75 Å². The van der Waals surface area contributed by atoms with E-state index >= 15 is 0 Å². The molecule has 0 radical (unpaired) electrons. The number of aliphatic hydroxyl groups is 2. The van der Waals surface area contributed by atoms with E-state index in [0.29, 0.717) is 30.6 Å². The first-order valence-electron chi connectivity index (χ1n) is 12.2. The van der Waals surface area contributed by atoms with Crippen LogP contribution in [0, 0.1) is 0 Å². The van der Waals surface area contributed by atoms with E-state index in [2.05, 4.69) is 42.6 Å². The minimum absolute atomic E-state index is 0.0215. The molecule has 1 aliphatic rings. The van der Waals surface area contributed by atoms with Gasteiger partial charge in [0.05, 0.1) is 19.1 Å². The lowest BCUT2D eigenvalue weighted by atomic mass is 9.98. The number of hydrogen-bond donors (Lipinski definition) is 4. The summed E-state index contributed by atoms with van der Waals surface area (Å²) in [4.78, 5) is 14.9. The van der Waals surface area contributed by atoms with E-state index in [1.807, 2.05) is 23.1 Å². The monoisotopic (exact) mass is 474 g/mol. The van der Waals surface area contributed by atoms with Crippen LogP contribution in [-0.4, -0.2) is 45.3 Å². The van der Waals surface area contributed by atoms with Crippen LogP contribution in [0.25, 0.3) is 0 Å². The summed E-state index contributed by atoms with van der Waals surface area (Å²) in [6, 6.07) is 21.4. The average molecular weight is 475 g/mol. The van der Waals surface area contributed by atoms with Gasteiger partial charge in [0, 0.05) is 31.2 Å². The first kappa shape index (κ1) is 24.9. The summed E-state index contributed by atoms with van der Waals surface area (Å²) in [5.74, 6) is 0.176. The molecule has 0 bridgehead atoms. The number of aliphatic hydroxyl groups excluding tert-OH is 2. The van der Waals surface area contributed by atoms with E-state index in [0.717, 1.165) is 30.5 Å². The number of phenols is 1. The number of nitrogens with zero attached hydrogens (tertiary/aromatic N) is 1. The molecule has 4 N–H and O–H groups in total. The van der Waals surface area contributed by atoms with Gasteiger partial charge in [-0.25, -0.2) is 0 Å². The second-order valence-electron chi connectivity index (χ2n) is 9.41. The highest BCUT2D eigenvalue weighted by molar-refractivity contribution is 5.79. The maximum atomic E-state index is 12.9. The molecule has 0 fully saturated rings. The van der Waals surface area contributed by atoms with E-state index in [4.69, 9.17) is 0 Å². The largest absolute Gasteiger partial charge is 0.508 e. The van der Waals surface area contributed by atoms with Crippen molar-refractivity contribution in [3.63, 3.8) is 0 Å². The molecule has 0 aromatic heterocycles. The molecule has 0 saturated heterocycles. The van der Waals surface area contributed by atoms with Gasteiger partial charge in [-0.3, -0.25) is 4.79 Å².